The molecule has 2 aliphatic rings. The van der Waals surface area contributed by atoms with Gasteiger partial charge in [0.1, 0.15) is 52.5 Å². The van der Waals surface area contributed by atoms with E-state index in [1.807, 2.05) is 29.2 Å². The minimum atomic E-state index is -1.32. The lowest BCUT2D eigenvalue weighted by Crippen LogP contribution is -2.42. The number of benzene rings is 3. The molecule has 222 valence electrons. The van der Waals surface area contributed by atoms with Crippen molar-refractivity contribution in [2.24, 2.45) is 10.9 Å². The van der Waals surface area contributed by atoms with Crippen molar-refractivity contribution in [2.75, 3.05) is 28.4 Å². The average molecular weight is 581 g/mol. The molecule has 8 nitrogen and oxygen atoms in total. The smallest absolute Gasteiger partial charge is 0.294 e. The maximum absolute atomic E-state index is 15.3. The Labute approximate surface area is 243 Å². The lowest BCUT2D eigenvalue weighted by Gasteiger charge is -2.38. The number of ether oxygens (including phenoxy) is 5. The van der Waals surface area contributed by atoms with Gasteiger partial charge in [-0.15, -0.1) is 0 Å². The lowest BCUT2D eigenvalue weighted by atomic mass is 9.81. The number of hydrogen-bond acceptors (Lipinski definition) is 8. The van der Waals surface area contributed by atoms with Crippen LogP contribution in [-0.4, -0.2) is 50.6 Å². The summed E-state index contributed by atoms with van der Waals surface area (Å²) >= 11 is 0. The summed E-state index contributed by atoms with van der Waals surface area (Å²) in [4.78, 5) is 6.81. The van der Waals surface area contributed by atoms with Crippen LogP contribution in [0.1, 0.15) is 29.5 Å². The van der Waals surface area contributed by atoms with E-state index in [1.165, 1.54) is 6.07 Å². The molecule has 1 aliphatic carbocycles. The van der Waals surface area contributed by atoms with Crippen molar-refractivity contribution in [1.82, 2.24) is 4.90 Å². The Balaban J connectivity index is 1.66. The number of halogens is 2. The molecule has 0 radical (unpaired) electrons. The van der Waals surface area contributed by atoms with Crippen LogP contribution in [0.3, 0.4) is 0 Å². The molecule has 1 N–H and O–H groups in total. The van der Waals surface area contributed by atoms with Gasteiger partial charge in [0.25, 0.3) is 6.02 Å². The van der Waals surface area contributed by atoms with Gasteiger partial charge in [0.05, 0.1) is 41.5 Å². The molecule has 0 amide bonds. The molecule has 0 saturated heterocycles. The fourth-order valence-corrected chi connectivity index (χ4v) is 5.47. The largest absolute Gasteiger partial charge is 0.512 e. The van der Waals surface area contributed by atoms with Gasteiger partial charge in [-0.2, -0.15) is 0 Å². The number of rotatable bonds is 10. The van der Waals surface area contributed by atoms with Crippen LogP contribution < -0.4 is 18.9 Å². The molecule has 1 heterocycles. The summed E-state index contributed by atoms with van der Waals surface area (Å²) in [5, 5.41) is 10.2. The number of aliphatic hydroxyl groups excluding tert-OH is 1. The summed E-state index contributed by atoms with van der Waals surface area (Å²) in [6, 6.07) is 17.2. The fourth-order valence-electron chi connectivity index (χ4n) is 5.47. The van der Waals surface area contributed by atoms with E-state index in [0.29, 0.717) is 23.0 Å². The monoisotopic (exact) mass is 580 g/mol. The highest BCUT2D eigenvalue weighted by molar-refractivity contribution is 5.77. The molecule has 1 unspecified atom stereocenters. The number of aliphatic imine (C=N–C) groups is 1. The van der Waals surface area contributed by atoms with Gasteiger partial charge in [-0.05, 0) is 36.8 Å². The number of aliphatic hydroxyl groups is 1. The Morgan fingerprint density at radius 3 is 1.98 bits per heavy atom. The zero-order chi connectivity index (χ0) is 29.9. The van der Waals surface area contributed by atoms with Crippen molar-refractivity contribution in [1.29, 1.82) is 0 Å². The summed E-state index contributed by atoms with van der Waals surface area (Å²) in [6.07, 6.45) is -0.100. The molecule has 3 atom stereocenters. The number of hydrogen-bond donors (Lipinski definition) is 1. The molecule has 5 rings (SSSR count). The first-order valence-electron chi connectivity index (χ1n) is 13.5. The second-order valence-corrected chi connectivity index (χ2v) is 10.2. The number of alkyl halides is 1. The van der Waals surface area contributed by atoms with Gasteiger partial charge in [0.15, 0.2) is 0 Å². The third-order valence-electron chi connectivity index (χ3n) is 7.75. The van der Waals surface area contributed by atoms with Crippen LogP contribution in [0, 0.1) is 11.7 Å². The third-order valence-corrected chi connectivity index (χ3v) is 7.75. The van der Waals surface area contributed by atoms with Crippen molar-refractivity contribution in [3.05, 3.63) is 95.2 Å². The van der Waals surface area contributed by atoms with E-state index in [-0.39, 0.29) is 43.3 Å². The first-order chi connectivity index (χ1) is 20.3. The molecule has 0 spiro atoms. The molecule has 0 bridgehead atoms. The molecule has 1 saturated carbocycles. The van der Waals surface area contributed by atoms with Crippen molar-refractivity contribution in [2.45, 2.75) is 37.6 Å². The van der Waals surface area contributed by atoms with E-state index in [0.717, 1.165) is 17.4 Å². The zero-order valence-corrected chi connectivity index (χ0v) is 24.0. The minimum absolute atomic E-state index is 0.00454. The summed E-state index contributed by atoms with van der Waals surface area (Å²) in [7, 11) is 6.27. The lowest BCUT2D eigenvalue weighted by molar-refractivity contribution is 0.183. The van der Waals surface area contributed by atoms with Gasteiger partial charge in [0, 0.05) is 41.2 Å². The molecule has 3 aromatic rings. The number of methoxy groups -OCH3 is 4. The van der Waals surface area contributed by atoms with Crippen molar-refractivity contribution in [3.63, 3.8) is 0 Å². The highest BCUT2D eigenvalue weighted by Gasteiger charge is 2.58. The van der Waals surface area contributed by atoms with Crippen LogP contribution >= 0.6 is 0 Å². The van der Waals surface area contributed by atoms with Crippen molar-refractivity contribution in [3.8, 4) is 23.0 Å². The Kier molecular flexibility index (Phi) is 8.42. The van der Waals surface area contributed by atoms with E-state index >= 15 is 4.39 Å². The highest BCUT2D eigenvalue weighted by atomic mass is 19.1. The van der Waals surface area contributed by atoms with Crippen LogP contribution in [0.4, 0.5) is 8.78 Å². The van der Waals surface area contributed by atoms with Crippen LogP contribution in [0.5, 0.6) is 23.0 Å². The molecule has 1 aliphatic heterocycles. The molecule has 3 aromatic carbocycles. The molecule has 1 fully saturated rings. The van der Waals surface area contributed by atoms with E-state index in [9.17, 15) is 9.50 Å². The topological polar surface area (TPSA) is 82.0 Å². The normalized spacial score (nSPS) is 22.1. The Hall–Kier alpha value is -4.47. The minimum Gasteiger partial charge on any atom is -0.512 e. The Morgan fingerprint density at radius 2 is 1.50 bits per heavy atom. The summed E-state index contributed by atoms with van der Waals surface area (Å²) in [5.41, 5.74) is 0.491. The van der Waals surface area contributed by atoms with Gasteiger partial charge in [0.2, 0.25) is 0 Å². The SMILES string of the molecule is COc1ccc(CN(Cc2ccc(OC)cc2OC)C2=NC(c3ccccc3F)([C@H]3C[C@H]3F)C/C(=C/O)O2)c(OC)c1. The summed E-state index contributed by atoms with van der Waals surface area (Å²) < 4.78 is 58.3. The van der Waals surface area contributed by atoms with Crippen molar-refractivity contribution < 1.29 is 37.6 Å². The van der Waals surface area contributed by atoms with Gasteiger partial charge in [-0.3, -0.25) is 0 Å². The average Bonchev–Trinajstić information content (AvgIpc) is 3.77. The second-order valence-electron chi connectivity index (χ2n) is 10.2. The maximum atomic E-state index is 15.3. The fraction of sp³-hybridized carbons (Fsp3) is 0.344. The zero-order valence-electron chi connectivity index (χ0n) is 24.0. The predicted octanol–water partition coefficient (Wildman–Crippen LogP) is 6.29. The molecule has 0 aromatic heterocycles. The third kappa shape index (κ3) is 5.66. The maximum Gasteiger partial charge on any atom is 0.294 e. The van der Waals surface area contributed by atoms with Gasteiger partial charge < -0.3 is 33.7 Å². The van der Waals surface area contributed by atoms with Crippen LogP contribution in [0.15, 0.2) is 77.7 Å². The number of nitrogens with zero attached hydrogens (tertiary/aromatic N) is 2. The molecule has 42 heavy (non-hydrogen) atoms. The summed E-state index contributed by atoms with van der Waals surface area (Å²) in [5.74, 6) is 1.45. The van der Waals surface area contributed by atoms with Crippen LogP contribution in [0.25, 0.3) is 0 Å². The van der Waals surface area contributed by atoms with E-state index in [4.69, 9.17) is 28.7 Å². The predicted molar refractivity (Wildman–Crippen MR) is 153 cm³/mol. The second kappa shape index (κ2) is 12.2. The standard InChI is InChI=1S/C32H34F2N2O6/c1-38-22-11-9-20(29(13-22)40-3)17-36(18-21-10-12-23(39-2)14-30(21)41-4)31-35-32(26-15-28(26)34,16-24(19-37)42-31)25-7-5-6-8-27(25)33/h5-14,19,26,28,37H,15-18H2,1-4H3/b24-19-/t26-,28+,32?/m0/s1. The Bertz CT molecular complexity index is 1440. The van der Waals surface area contributed by atoms with Crippen LogP contribution in [0.2, 0.25) is 0 Å². The van der Waals surface area contributed by atoms with E-state index in [1.54, 1.807) is 58.8 Å². The first kappa shape index (κ1) is 29.0. The van der Waals surface area contributed by atoms with Gasteiger partial charge >= 0.3 is 0 Å². The molecular formula is C32H34F2N2O6. The first-order valence-corrected chi connectivity index (χ1v) is 13.5. The van der Waals surface area contributed by atoms with E-state index in [2.05, 4.69) is 0 Å². The van der Waals surface area contributed by atoms with Crippen molar-refractivity contribution >= 4 is 6.02 Å². The quantitative estimate of drug-likeness (QED) is 0.282. The molecular weight excluding hydrogens is 546 g/mol. The Morgan fingerprint density at radius 1 is 0.929 bits per heavy atom. The van der Waals surface area contributed by atoms with Gasteiger partial charge in [-0.1, -0.05) is 18.2 Å². The highest BCUT2D eigenvalue weighted by Crippen LogP contribution is 2.55. The number of amidine groups is 1. The van der Waals surface area contributed by atoms with Crippen LogP contribution in [-0.2, 0) is 23.4 Å². The summed E-state index contributed by atoms with van der Waals surface area (Å²) in [6.45, 7) is 0.466. The van der Waals surface area contributed by atoms with E-state index < -0.39 is 23.4 Å². The molecule has 10 heteroatoms. The van der Waals surface area contributed by atoms with Gasteiger partial charge in [-0.25, -0.2) is 13.8 Å².